The molecule has 0 fully saturated rings. The van der Waals surface area contributed by atoms with Gasteiger partial charge in [0.1, 0.15) is 30.1 Å². The van der Waals surface area contributed by atoms with Crippen molar-refractivity contribution in [3.63, 3.8) is 0 Å². The second-order valence-corrected chi connectivity index (χ2v) is 8.50. The van der Waals surface area contributed by atoms with Gasteiger partial charge in [0.15, 0.2) is 5.75 Å². The SMILES string of the molecule is COC(=O)CC(C#N)c1ccc(OCc2ccc(OC=C(NOc3ccccc3)c3ccccc3)cc2)cc1. The molecule has 196 valence electrons. The lowest BCUT2D eigenvalue weighted by molar-refractivity contribution is -0.140. The largest absolute Gasteiger partial charge is 0.489 e. The second-order valence-electron chi connectivity index (χ2n) is 8.50. The van der Waals surface area contributed by atoms with Crippen LogP contribution in [0.3, 0.4) is 0 Å². The number of hydroxylamine groups is 1. The van der Waals surface area contributed by atoms with Crippen molar-refractivity contribution in [2.24, 2.45) is 0 Å². The summed E-state index contributed by atoms with van der Waals surface area (Å²) in [6.45, 7) is 0.362. The van der Waals surface area contributed by atoms with Crippen molar-refractivity contribution in [2.75, 3.05) is 7.11 Å². The average molecular weight is 521 g/mol. The van der Waals surface area contributed by atoms with Gasteiger partial charge in [-0.25, -0.2) is 5.48 Å². The number of para-hydroxylation sites is 1. The molecular weight excluding hydrogens is 492 g/mol. The maximum absolute atomic E-state index is 11.5. The van der Waals surface area contributed by atoms with Crippen LogP contribution < -0.4 is 19.8 Å². The Kier molecular flexibility index (Phi) is 9.57. The smallest absolute Gasteiger partial charge is 0.307 e. The Bertz CT molecular complexity index is 1400. The molecule has 4 aromatic rings. The first-order valence-corrected chi connectivity index (χ1v) is 12.3. The third-order valence-corrected chi connectivity index (χ3v) is 5.79. The number of nitrogens with zero attached hydrogens (tertiary/aromatic N) is 1. The van der Waals surface area contributed by atoms with E-state index in [0.29, 0.717) is 29.6 Å². The normalized spacial score (nSPS) is 11.5. The topological polar surface area (TPSA) is 89.8 Å². The Morgan fingerprint density at radius 1 is 0.846 bits per heavy atom. The zero-order valence-electron chi connectivity index (χ0n) is 21.4. The Hall–Kier alpha value is -5.22. The highest BCUT2D eigenvalue weighted by molar-refractivity contribution is 5.71. The van der Waals surface area contributed by atoms with E-state index in [4.69, 9.17) is 14.3 Å². The van der Waals surface area contributed by atoms with Gasteiger partial charge in [-0.2, -0.15) is 5.26 Å². The zero-order chi connectivity index (χ0) is 27.3. The number of carbonyl (C=O) groups excluding carboxylic acids is 1. The highest BCUT2D eigenvalue weighted by Gasteiger charge is 2.16. The number of rotatable bonds is 12. The van der Waals surface area contributed by atoms with Gasteiger partial charge in [0.2, 0.25) is 0 Å². The lowest BCUT2D eigenvalue weighted by Gasteiger charge is -2.13. The molecule has 0 aliphatic rings. The van der Waals surface area contributed by atoms with E-state index in [0.717, 1.165) is 16.7 Å². The van der Waals surface area contributed by atoms with Crippen molar-refractivity contribution in [1.29, 1.82) is 5.26 Å². The fourth-order valence-electron chi connectivity index (χ4n) is 3.61. The molecule has 1 N–H and O–H groups in total. The predicted octanol–water partition coefficient (Wildman–Crippen LogP) is 6.40. The lowest BCUT2D eigenvalue weighted by Crippen LogP contribution is -2.17. The van der Waals surface area contributed by atoms with E-state index < -0.39 is 11.9 Å². The first-order valence-electron chi connectivity index (χ1n) is 12.3. The van der Waals surface area contributed by atoms with Crippen molar-refractivity contribution in [3.8, 4) is 23.3 Å². The van der Waals surface area contributed by atoms with Crippen LogP contribution in [0.4, 0.5) is 0 Å². The number of esters is 1. The van der Waals surface area contributed by atoms with Gasteiger partial charge >= 0.3 is 5.97 Å². The summed E-state index contributed by atoms with van der Waals surface area (Å²) in [5.74, 6) is 1.03. The van der Waals surface area contributed by atoms with E-state index in [1.54, 1.807) is 30.5 Å². The van der Waals surface area contributed by atoms with Crippen molar-refractivity contribution >= 4 is 11.7 Å². The number of ether oxygens (including phenoxy) is 3. The minimum absolute atomic E-state index is 0.0137. The molecule has 0 spiro atoms. The first kappa shape index (κ1) is 26.8. The second kappa shape index (κ2) is 13.9. The summed E-state index contributed by atoms with van der Waals surface area (Å²) in [4.78, 5) is 17.2. The van der Waals surface area contributed by atoms with Gasteiger partial charge in [-0.15, -0.1) is 0 Å². The number of hydrogen-bond donors (Lipinski definition) is 1. The van der Waals surface area contributed by atoms with Crippen LogP contribution in [0.5, 0.6) is 17.2 Å². The predicted molar refractivity (Wildman–Crippen MR) is 147 cm³/mol. The van der Waals surface area contributed by atoms with Crippen LogP contribution >= 0.6 is 0 Å². The van der Waals surface area contributed by atoms with E-state index >= 15 is 0 Å². The minimum atomic E-state index is -0.560. The quantitative estimate of drug-likeness (QED) is 0.131. The molecular formula is C32H28N2O5. The monoisotopic (exact) mass is 520 g/mol. The summed E-state index contributed by atoms with van der Waals surface area (Å²) in [6, 6.07) is 36.1. The molecule has 7 nitrogen and oxygen atoms in total. The van der Waals surface area contributed by atoms with Crippen LogP contribution in [-0.2, 0) is 16.1 Å². The third kappa shape index (κ3) is 8.14. The van der Waals surface area contributed by atoms with Crippen LogP contribution in [-0.4, -0.2) is 13.1 Å². The van der Waals surface area contributed by atoms with Crippen LogP contribution in [0.25, 0.3) is 5.70 Å². The molecule has 0 heterocycles. The van der Waals surface area contributed by atoms with E-state index in [9.17, 15) is 10.1 Å². The maximum Gasteiger partial charge on any atom is 0.307 e. The summed E-state index contributed by atoms with van der Waals surface area (Å²) < 4.78 is 16.4. The van der Waals surface area contributed by atoms with Crippen LogP contribution in [0.15, 0.2) is 115 Å². The number of benzene rings is 4. The van der Waals surface area contributed by atoms with Gasteiger partial charge in [-0.1, -0.05) is 72.8 Å². The van der Waals surface area contributed by atoms with Crippen molar-refractivity contribution in [3.05, 3.63) is 132 Å². The summed E-state index contributed by atoms with van der Waals surface area (Å²) in [5, 5.41) is 9.36. The molecule has 1 unspecified atom stereocenters. The Balaban J connectivity index is 1.34. The van der Waals surface area contributed by atoms with Gasteiger partial charge < -0.3 is 19.0 Å². The Morgan fingerprint density at radius 2 is 1.49 bits per heavy atom. The third-order valence-electron chi connectivity index (χ3n) is 5.79. The molecule has 0 amide bonds. The number of carbonyl (C=O) groups is 1. The number of nitrogens with one attached hydrogen (secondary N) is 1. The molecule has 1 atom stereocenters. The highest BCUT2D eigenvalue weighted by atomic mass is 16.6. The standard InChI is InChI=1S/C32H28N2O5/c1-36-32(35)20-27(21-33)25-14-18-29(19-15-25)37-22-24-12-16-28(17-13-24)38-23-31(26-8-4-2-5-9-26)34-39-30-10-6-3-7-11-30/h2-19,23,27,34H,20,22H2,1H3. The van der Waals surface area contributed by atoms with Gasteiger partial charge in [0.05, 0.1) is 25.5 Å². The average Bonchev–Trinajstić information content (AvgIpc) is 3.00. The van der Waals surface area contributed by atoms with Gasteiger partial charge in [0.25, 0.3) is 0 Å². The van der Waals surface area contributed by atoms with Crippen LogP contribution in [0.2, 0.25) is 0 Å². The summed E-state index contributed by atoms with van der Waals surface area (Å²) in [5.41, 5.74) is 6.26. The lowest BCUT2D eigenvalue weighted by atomic mass is 9.97. The summed E-state index contributed by atoms with van der Waals surface area (Å²) >= 11 is 0. The molecule has 0 aliphatic heterocycles. The van der Waals surface area contributed by atoms with E-state index in [1.165, 1.54) is 7.11 Å². The fourth-order valence-corrected chi connectivity index (χ4v) is 3.61. The fraction of sp³-hybridized carbons (Fsp3) is 0.125. The van der Waals surface area contributed by atoms with Gasteiger partial charge in [-0.3, -0.25) is 4.79 Å². The molecule has 0 radical (unpaired) electrons. The maximum atomic E-state index is 11.5. The van der Waals surface area contributed by atoms with E-state index in [2.05, 4.69) is 16.3 Å². The van der Waals surface area contributed by atoms with E-state index in [-0.39, 0.29) is 6.42 Å². The molecule has 39 heavy (non-hydrogen) atoms. The van der Waals surface area contributed by atoms with Gasteiger partial charge in [0, 0.05) is 5.56 Å². The van der Waals surface area contributed by atoms with E-state index in [1.807, 2.05) is 84.9 Å². The van der Waals surface area contributed by atoms with Crippen LogP contribution in [0.1, 0.15) is 29.0 Å². The van der Waals surface area contributed by atoms with Gasteiger partial charge in [-0.05, 0) is 47.5 Å². The van der Waals surface area contributed by atoms with Crippen molar-refractivity contribution in [1.82, 2.24) is 5.48 Å². The zero-order valence-corrected chi connectivity index (χ0v) is 21.4. The molecule has 0 aliphatic carbocycles. The molecule has 4 rings (SSSR count). The highest BCUT2D eigenvalue weighted by Crippen LogP contribution is 2.23. The number of hydrogen-bond acceptors (Lipinski definition) is 7. The molecule has 0 aromatic heterocycles. The van der Waals surface area contributed by atoms with Crippen molar-refractivity contribution < 1.29 is 23.8 Å². The Morgan fingerprint density at radius 3 is 2.13 bits per heavy atom. The summed E-state index contributed by atoms with van der Waals surface area (Å²) in [6.07, 6.45) is 1.62. The molecule has 7 heteroatoms. The number of nitriles is 1. The number of methoxy groups -OCH3 is 1. The molecule has 4 aromatic carbocycles. The first-order chi connectivity index (χ1) is 19.1. The minimum Gasteiger partial charge on any atom is -0.489 e. The summed E-state index contributed by atoms with van der Waals surface area (Å²) in [7, 11) is 1.31. The molecule has 0 saturated heterocycles. The molecule has 0 bridgehead atoms. The van der Waals surface area contributed by atoms with Crippen LogP contribution in [0, 0.1) is 11.3 Å². The molecule has 0 saturated carbocycles. The van der Waals surface area contributed by atoms with Crippen molar-refractivity contribution in [2.45, 2.75) is 18.9 Å². The Labute approximate surface area is 227 Å².